The Bertz CT molecular complexity index is 1960. The van der Waals surface area contributed by atoms with Gasteiger partial charge in [0.05, 0.1) is 26.4 Å². The van der Waals surface area contributed by atoms with Crippen LogP contribution in [-0.4, -0.2) is 96.7 Å². The van der Waals surface area contributed by atoms with Gasteiger partial charge in [-0.1, -0.05) is 413 Å². The van der Waals surface area contributed by atoms with Gasteiger partial charge in [0, 0.05) is 25.7 Å². The van der Waals surface area contributed by atoms with Gasteiger partial charge in [-0.25, -0.2) is 9.13 Å². The summed E-state index contributed by atoms with van der Waals surface area (Å²) >= 11 is 0. The third-order valence-corrected chi connectivity index (χ3v) is 22.0. The number of hydrogen-bond donors (Lipinski definition) is 3. The summed E-state index contributed by atoms with van der Waals surface area (Å²) in [6, 6.07) is 0. The normalized spacial score (nSPS) is 13.7. The summed E-state index contributed by atoms with van der Waals surface area (Å²) in [7, 11) is -9.92. The largest absolute Gasteiger partial charge is 0.472 e. The smallest absolute Gasteiger partial charge is 0.462 e. The Balaban J connectivity index is 5.14. The average molecular weight is 1520 g/mol. The molecule has 0 aliphatic heterocycles. The predicted molar refractivity (Wildman–Crippen MR) is 428 cm³/mol. The Hall–Kier alpha value is -1.94. The molecule has 19 heteroatoms. The summed E-state index contributed by atoms with van der Waals surface area (Å²) in [5, 5.41) is 10.6. The highest BCUT2D eigenvalue weighted by atomic mass is 31.2. The van der Waals surface area contributed by atoms with Gasteiger partial charge < -0.3 is 33.8 Å². The van der Waals surface area contributed by atoms with Crippen molar-refractivity contribution in [3.63, 3.8) is 0 Å². The lowest BCUT2D eigenvalue weighted by Gasteiger charge is -2.21. The number of aliphatic hydroxyl groups is 1. The van der Waals surface area contributed by atoms with E-state index in [0.29, 0.717) is 25.7 Å². The van der Waals surface area contributed by atoms with E-state index in [-0.39, 0.29) is 25.7 Å². The molecule has 0 heterocycles. The van der Waals surface area contributed by atoms with Crippen LogP contribution in [0.1, 0.15) is 464 Å². The number of carbonyl (C=O) groups is 4. The Morgan fingerprint density at radius 2 is 0.385 bits per heavy atom. The lowest BCUT2D eigenvalue weighted by atomic mass is 10.0. The van der Waals surface area contributed by atoms with E-state index in [4.69, 9.17) is 37.0 Å². The van der Waals surface area contributed by atoms with E-state index in [2.05, 4.69) is 27.7 Å². The van der Waals surface area contributed by atoms with Gasteiger partial charge in [-0.3, -0.25) is 37.3 Å². The van der Waals surface area contributed by atoms with Gasteiger partial charge in [0.1, 0.15) is 19.3 Å². The summed E-state index contributed by atoms with van der Waals surface area (Å²) in [6.07, 6.45) is 73.9. The molecule has 0 rings (SSSR count). The molecule has 104 heavy (non-hydrogen) atoms. The van der Waals surface area contributed by atoms with Gasteiger partial charge >= 0.3 is 39.5 Å². The zero-order chi connectivity index (χ0) is 76.0. The molecule has 0 radical (unpaired) electrons. The molecule has 5 atom stereocenters. The first-order chi connectivity index (χ1) is 50.7. The number of rotatable bonds is 86. The van der Waals surface area contributed by atoms with Crippen molar-refractivity contribution in [3.8, 4) is 0 Å². The predicted octanol–water partition coefficient (Wildman–Crippen LogP) is 26.1. The fraction of sp³-hybridized carbons (Fsp3) is 0.953. The van der Waals surface area contributed by atoms with E-state index in [1.807, 2.05) is 0 Å². The molecule has 0 bridgehead atoms. The molecule has 2 unspecified atom stereocenters. The second-order valence-corrected chi connectivity index (χ2v) is 33.5. The number of hydrogen-bond acceptors (Lipinski definition) is 15. The van der Waals surface area contributed by atoms with E-state index in [9.17, 15) is 43.2 Å². The summed E-state index contributed by atoms with van der Waals surface area (Å²) in [5.41, 5.74) is 0. The molecule has 0 spiro atoms. The van der Waals surface area contributed by atoms with Crippen LogP contribution in [0.25, 0.3) is 0 Å². The molecule has 0 aromatic carbocycles. The van der Waals surface area contributed by atoms with E-state index in [0.717, 1.165) is 89.9 Å². The number of esters is 4. The number of aliphatic hydroxyl groups excluding tert-OH is 1. The van der Waals surface area contributed by atoms with Crippen LogP contribution in [0.3, 0.4) is 0 Å². The highest BCUT2D eigenvalue weighted by Gasteiger charge is 2.30. The second kappa shape index (κ2) is 79.2. The zero-order valence-electron chi connectivity index (χ0n) is 68.0. The van der Waals surface area contributed by atoms with Crippen molar-refractivity contribution in [3.05, 3.63) is 0 Å². The van der Waals surface area contributed by atoms with Crippen molar-refractivity contribution in [2.45, 2.75) is 483 Å². The first-order valence-corrected chi connectivity index (χ1v) is 47.3. The quantitative estimate of drug-likeness (QED) is 0.0222. The second-order valence-electron chi connectivity index (χ2n) is 30.6. The van der Waals surface area contributed by atoms with Crippen LogP contribution in [0, 0.1) is 0 Å². The molecular weight excluding hydrogens is 1350 g/mol. The molecule has 17 nitrogen and oxygen atoms in total. The fourth-order valence-corrected chi connectivity index (χ4v) is 14.9. The molecule has 618 valence electrons. The first-order valence-electron chi connectivity index (χ1n) is 44.3. The maximum Gasteiger partial charge on any atom is 0.472 e. The summed E-state index contributed by atoms with van der Waals surface area (Å²) < 4.78 is 68.7. The molecule has 0 amide bonds. The van der Waals surface area contributed by atoms with Gasteiger partial charge in [0.2, 0.25) is 0 Å². The minimum absolute atomic E-state index is 0.108. The maximum atomic E-state index is 13.1. The number of phosphoric ester groups is 2. The van der Waals surface area contributed by atoms with E-state index < -0.39 is 97.5 Å². The number of unbranched alkanes of at least 4 members (excludes halogenated alkanes) is 60. The molecule has 3 N–H and O–H groups in total. The van der Waals surface area contributed by atoms with Crippen LogP contribution in [0.4, 0.5) is 0 Å². The molecule has 0 saturated carbocycles. The van der Waals surface area contributed by atoms with Crippen molar-refractivity contribution in [1.29, 1.82) is 0 Å². The molecule has 0 aromatic rings. The molecule has 0 aromatic heterocycles. The SMILES string of the molecule is CCCCCCCCCCCCCCCCCCCCCCCCC(=O)OC[C@H](COP(=O)(O)OC[C@@H](O)COP(=O)(O)OC[C@@H](COC(=O)CCCCCCCCCC)OC(=O)CCCCCCCCCCCCCC)OC(=O)CCCCCCCCCCCCCCCCCCCCCCCC. The Morgan fingerprint density at radius 1 is 0.231 bits per heavy atom. The molecular formula is C85H166O17P2. The Kier molecular flexibility index (Phi) is 77.7. The Labute approximate surface area is 638 Å². The maximum absolute atomic E-state index is 13.1. The van der Waals surface area contributed by atoms with Gasteiger partial charge in [-0.2, -0.15) is 0 Å². The standard InChI is InChI=1S/C85H166O17P2/c1-5-9-13-17-21-25-28-31-33-35-37-39-41-43-45-47-49-52-54-58-62-66-70-83(88)96-76-81(102-85(90)72-68-64-60-56-53-50-48-46-44-42-40-38-36-34-32-29-26-22-18-14-10-6-2)78-100-104(93,94)98-74-79(86)73-97-103(91,92)99-77-80(75-95-82(87)69-65-61-57-24-20-16-12-8-4)101-84(89)71-67-63-59-55-51-30-27-23-19-15-11-7-3/h79-81,86H,5-78H2,1-4H3,(H,91,92)(H,93,94)/t79-,80+,81+/m0/s1. The number of carbonyl (C=O) groups excluding carboxylic acids is 4. The third-order valence-electron chi connectivity index (χ3n) is 20.1. The van der Waals surface area contributed by atoms with Crippen LogP contribution in [0.5, 0.6) is 0 Å². The van der Waals surface area contributed by atoms with E-state index >= 15 is 0 Å². The van der Waals surface area contributed by atoms with Gasteiger partial charge in [-0.15, -0.1) is 0 Å². The van der Waals surface area contributed by atoms with Crippen molar-refractivity contribution < 1.29 is 80.2 Å². The average Bonchev–Trinajstić information content (AvgIpc) is 0.912. The highest BCUT2D eigenvalue weighted by molar-refractivity contribution is 7.47. The number of ether oxygens (including phenoxy) is 4. The van der Waals surface area contributed by atoms with Gasteiger partial charge in [0.15, 0.2) is 12.2 Å². The lowest BCUT2D eigenvalue weighted by molar-refractivity contribution is -0.161. The molecule has 0 aliphatic carbocycles. The fourth-order valence-electron chi connectivity index (χ4n) is 13.3. The Morgan fingerprint density at radius 3 is 0.567 bits per heavy atom. The monoisotopic (exact) mass is 1520 g/mol. The minimum Gasteiger partial charge on any atom is -0.462 e. The van der Waals surface area contributed by atoms with Crippen LogP contribution < -0.4 is 0 Å². The van der Waals surface area contributed by atoms with E-state index in [1.54, 1.807) is 0 Å². The minimum atomic E-state index is -4.96. The van der Waals surface area contributed by atoms with Crippen molar-refractivity contribution >= 4 is 39.5 Å². The van der Waals surface area contributed by atoms with Crippen LogP contribution >= 0.6 is 15.6 Å². The first kappa shape index (κ1) is 102. The molecule has 0 saturated heterocycles. The lowest BCUT2D eigenvalue weighted by Crippen LogP contribution is -2.30. The van der Waals surface area contributed by atoms with E-state index in [1.165, 1.54) is 295 Å². The molecule has 0 fully saturated rings. The van der Waals surface area contributed by atoms with Crippen molar-refractivity contribution in [1.82, 2.24) is 0 Å². The van der Waals surface area contributed by atoms with Gasteiger partial charge in [-0.05, 0) is 25.7 Å². The van der Waals surface area contributed by atoms with Crippen molar-refractivity contribution in [2.75, 3.05) is 39.6 Å². The molecule has 0 aliphatic rings. The summed E-state index contributed by atoms with van der Waals surface area (Å²) in [4.78, 5) is 73.0. The third kappa shape index (κ3) is 78.2. The number of phosphoric acid groups is 2. The highest BCUT2D eigenvalue weighted by Crippen LogP contribution is 2.45. The summed E-state index contributed by atoms with van der Waals surface area (Å²) in [6.45, 7) is 5.01. The topological polar surface area (TPSA) is 237 Å². The summed E-state index contributed by atoms with van der Waals surface area (Å²) in [5.74, 6) is -2.10. The van der Waals surface area contributed by atoms with Crippen LogP contribution in [0.15, 0.2) is 0 Å². The van der Waals surface area contributed by atoms with Crippen molar-refractivity contribution in [2.24, 2.45) is 0 Å². The van der Waals surface area contributed by atoms with Crippen LogP contribution in [0.2, 0.25) is 0 Å². The van der Waals surface area contributed by atoms with Gasteiger partial charge in [0.25, 0.3) is 0 Å². The van der Waals surface area contributed by atoms with Crippen LogP contribution in [-0.2, 0) is 65.4 Å². The zero-order valence-corrected chi connectivity index (χ0v) is 69.8.